The lowest BCUT2D eigenvalue weighted by Crippen LogP contribution is -2.31. The Bertz CT molecular complexity index is 1580. The number of para-hydroxylation sites is 1. The molecule has 3 aromatic rings. The van der Waals surface area contributed by atoms with E-state index in [0.29, 0.717) is 25.1 Å². The first-order valence-corrected chi connectivity index (χ1v) is 19.4. The molecule has 2 amide bonds. The minimum absolute atomic E-state index is 0.0293. The van der Waals surface area contributed by atoms with Crippen molar-refractivity contribution in [2.24, 2.45) is 0 Å². The summed E-state index contributed by atoms with van der Waals surface area (Å²) >= 11 is 0. The summed E-state index contributed by atoms with van der Waals surface area (Å²) in [6.07, 6.45) is 18.2. The number of aromatic nitrogens is 1. The summed E-state index contributed by atoms with van der Waals surface area (Å²) in [5.74, 6) is -0.772. The van der Waals surface area contributed by atoms with Gasteiger partial charge in [-0.1, -0.05) is 102 Å². The molecular formula is C39H53N3O7S. The van der Waals surface area contributed by atoms with Gasteiger partial charge in [0, 0.05) is 24.7 Å². The van der Waals surface area contributed by atoms with E-state index in [1.807, 2.05) is 29.0 Å². The van der Waals surface area contributed by atoms with E-state index >= 15 is 0 Å². The summed E-state index contributed by atoms with van der Waals surface area (Å²) in [6, 6.07) is 15.8. The maximum Gasteiger partial charge on any atom is 0.306 e. The average molecular weight is 708 g/mol. The van der Waals surface area contributed by atoms with Crippen molar-refractivity contribution in [3.63, 3.8) is 0 Å². The molecule has 11 heteroatoms. The van der Waals surface area contributed by atoms with E-state index in [4.69, 9.17) is 9.47 Å². The minimum atomic E-state index is -4.21. The number of nitrogens with one attached hydrogen (secondary N) is 2. The largest absolute Gasteiger partial charge is 0.496 e. The maximum absolute atomic E-state index is 12.8. The molecule has 0 fully saturated rings. The van der Waals surface area contributed by atoms with Gasteiger partial charge in [-0.25, -0.2) is 13.1 Å². The van der Waals surface area contributed by atoms with Crippen LogP contribution in [0.5, 0.6) is 5.75 Å². The van der Waals surface area contributed by atoms with Crippen molar-refractivity contribution in [1.82, 2.24) is 15.0 Å². The Kier molecular flexibility index (Phi) is 18.1. The zero-order valence-corrected chi connectivity index (χ0v) is 30.4. The number of rotatable bonds is 24. The number of unbranched alkanes of at least 4 members (excludes halogenated alkanes) is 12. The van der Waals surface area contributed by atoms with Gasteiger partial charge in [-0.05, 0) is 60.9 Å². The lowest BCUT2D eigenvalue weighted by Gasteiger charge is -2.10. The van der Waals surface area contributed by atoms with E-state index in [1.54, 1.807) is 7.11 Å². The summed E-state index contributed by atoms with van der Waals surface area (Å²) in [7, 11) is -2.62. The average Bonchev–Trinajstić information content (AvgIpc) is 3.13. The molecule has 2 N–H and O–H groups in total. The van der Waals surface area contributed by atoms with Gasteiger partial charge in [0.05, 0.1) is 23.3 Å². The lowest BCUT2D eigenvalue weighted by atomic mass is 10.0. The molecule has 1 aromatic heterocycles. The number of benzene rings is 2. The van der Waals surface area contributed by atoms with Gasteiger partial charge in [-0.3, -0.25) is 19.4 Å². The monoisotopic (exact) mass is 707 g/mol. The molecule has 272 valence electrons. The van der Waals surface area contributed by atoms with Crippen molar-refractivity contribution in [2.75, 3.05) is 13.7 Å². The predicted octanol–water partition coefficient (Wildman–Crippen LogP) is 7.71. The van der Waals surface area contributed by atoms with Crippen LogP contribution in [-0.2, 0) is 32.6 Å². The van der Waals surface area contributed by atoms with Crippen LogP contribution in [0.1, 0.15) is 129 Å². The highest BCUT2D eigenvalue weighted by Gasteiger charge is 2.20. The number of carbonyl (C=O) groups excluding carboxylic acids is 3. The second kappa shape index (κ2) is 22.5. The van der Waals surface area contributed by atoms with E-state index in [0.717, 1.165) is 30.6 Å². The van der Waals surface area contributed by atoms with Crippen LogP contribution in [0.2, 0.25) is 0 Å². The van der Waals surface area contributed by atoms with Gasteiger partial charge in [-0.2, -0.15) is 0 Å². The van der Waals surface area contributed by atoms with Crippen molar-refractivity contribution < 1.29 is 32.3 Å². The number of sulfonamides is 1. The number of methoxy groups -OCH3 is 1. The molecule has 0 unspecified atom stereocenters. The molecule has 3 rings (SSSR count). The fourth-order valence-corrected chi connectivity index (χ4v) is 6.48. The number of esters is 1. The molecule has 0 spiro atoms. The SMILES string of the molecule is CCCCCCCCCCCCCCCC(=O)OCc1ccc(C(=O)NS(=O)(=O)c2ccc(C(=O)NCCc3ccccc3OC)cc2)cn1. The van der Waals surface area contributed by atoms with Gasteiger partial charge < -0.3 is 14.8 Å². The molecule has 0 atom stereocenters. The molecule has 10 nitrogen and oxygen atoms in total. The first-order valence-electron chi connectivity index (χ1n) is 17.9. The van der Waals surface area contributed by atoms with E-state index < -0.39 is 15.9 Å². The molecule has 0 saturated heterocycles. The molecule has 0 bridgehead atoms. The highest BCUT2D eigenvalue weighted by Crippen LogP contribution is 2.18. The Balaban J connectivity index is 1.32. The Morgan fingerprint density at radius 3 is 1.92 bits per heavy atom. The second-order valence-electron chi connectivity index (χ2n) is 12.5. The molecule has 0 saturated carbocycles. The van der Waals surface area contributed by atoms with E-state index in [1.165, 1.54) is 107 Å². The van der Waals surface area contributed by atoms with Gasteiger partial charge >= 0.3 is 5.97 Å². The number of hydrogen-bond acceptors (Lipinski definition) is 8. The Morgan fingerprint density at radius 2 is 1.32 bits per heavy atom. The Morgan fingerprint density at radius 1 is 0.720 bits per heavy atom. The first kappa shape index (κ1) is 40.2. The number of hydrogen-bond donors (Lipinski definition) is 2. The quantitative estimate of drug-likeness (QED) is 0.0713. The van der Waals surface area contributed by atoms with E-state index in [9.17, 15) is 22.8 Å². The van der Waals surface area contributed by atoms with Crippen molar-refractivity contribution in [2.45, 2.75) is 115 Å². The van der Waals surface area contributed by atoms with Crippen molar-refractivity contribution in [1.29, 1.82) is 0 Å². The molecule has 2 aromatic carbocycles. The number of pyridine rings is 1. The Hall–Kier alpha value is -4.25. The number of carbonyl (C=O) groups is 3. The summed E-state index contributed by atoms with van der Waals surface area (Å²) in [6.45, 7) is 2.58. The van der Waals surface area contributed by atoms with Crippen LogP contribution < -0.4 is 14.8 Å². The minimum Gasteiger partial charge on any atom is -0.496 e. The van der Waals surface area contributed by atoms with Crippen LogP contribution in [0.4, 0.5) is 0 Å². The van der Waals surface area contributed by atoms with E-state index in [-0.39, 0.29) is 34.5 Å². The summed E-state index contributed by atoms with van der Waals surface area (Å²) in [5.41, 5.74) is 1.71. The molecule has 1 heterocycles. The fraction of sp³-hybridized carbons (Fsp3) is 0.487. The van der Waals surface area contributed by atoms with Crippen molar-refractivity contribution in [3.8, 4) is 5.75 Å². The van der Waals surface area contributed by atoms with Crippen LogP contribution in [0, 0.1) is 0 Å². The predicted molar refractivity (Wildman–Crippen MR) is 194 cm³/mol. The number of nitrogens with zero attached hydrogens (tertiary/aromatic N) is 1. The van der Waals surface area contributed by atoms with Crippen LogP contribution in [0.15, 0.2) is 71.8 Å². The van der Waals surface area contributed by atoms with Crippen molar-refractivity contribution in [3.05, 3.63) is 89.2 Å². The van der Waals surface area contributed by atoms with Crippen LogP contribution in [0.3, 0.4) is 0 Å². The van der Waals surface area contributed by atoms with Gasteiger partial charge in [0.15, 0.2) is 0 Å². The lowest BCUT2D eigenvalue weighted by molar-refractivity contribution is -0.145. The number of ether oxygens (including phenoxy) is 2. The first-order chi connectivity index (χ1) is 24.2. The summed E-state index contributed by atoms with van der Waals surface area (Å²) < 4.78 is 38.4. The standard InChI is InChI=1S/C39H53N3O7S/c1-3-4-5-6-7-8-9-10-11-12-13-14-15-20-37(43)49-30-34-24-21-33(29-41-34)39(45)42-50(46,47)35-25-22-32(23-26-35)38(44)40-28-27-31-18-16-17-19-36(31)48-2/h16-19,21-26,29H,3-15,20,27-28,30H2,1-2H3,(H,40,44)(H,42,45). The highest BCUT2D eigenvalue weighted by atomic mass is 32.2. The van der Waals surface area contributed by atoms with Gasteiger partial charge in [0.2, 0.25) is 0 Å². The molecule has 0 radical (unpaired) electrons. The normalized spacial score (nSPS) is 11.2. The van der Waals surface area contributed by atoms with Gasteiger partial charge in [0.1, 0.15) is 12.4 Å². The molecule has 0 aliphatic rings. The van der Waals surface area contributed by atoms with Gasteiger partial charge in [0.25, 0.3) is 21.8 Å². The highest BCUT2D eigenvalue weighted by molar-refractivity contribution is 7.90. The second-order valence-corrected chi connectivity index (χ2v) is 14.2. The zero-order valence-electron chi connectivity index (χ0n) is 29.6. The molecule has 0 aliphatic carbocycles. The molecular weight excluding hydrogens is 655 g/mol. The topological polar surface area (TPSA) is 141 Å². The third-order valence-corrected chi connectivity index (χ3v) is 9.83. The molecule has 50 heavy (non-hydrogen) atoms. The molecule has 0 aliphatic heterocycles. The zero-order chi connectivity index (χ0) is 36.0. The third kappa shape index (κ3) is 14.7. The third-order valence-electron chi connectivity index (χ3n) is 8.48. The Labute approximate surface area is 297 Å². The summed E-state index contributed by atoms with van der Waals surface area (Å²) in [4.78, 5) is 41.4. The smallest absolute Gasteiger partial charge is 0.306 e. The maximum atomic E-state index is 12.8. The number of amides is 2. The van der Waals surface area contributed by atoms with Crippen molar-refractivity contribution >= 4 is 27.8 Å². The van der Waals surface area contributed by atoms with Crippen LogP contribution in [0.25, 0.3) is 0 Å². The van der Waals surface area contributed by atoms with E-state index in [2.05, 4.69) is 17.2 Å². The fourth-order valence-electron chi connectivity index (χ4n) is 5.51. The summed E-state index contributed by atoms with van der Waals surface area (Å²) in [5, 5.41) is 2.81. The van der Waals surface area contributed by atoms with Crippen LogP contribution in [-0.4, -0.2) is 44.8 Å². The van der Waals surface area contributed by atoms with Gasteiger partial charge in [-0.15, -0.1) is 0 Å². The van der Waals surface area contributed by atoms with Crippen LogP contribution >= 0.6 is 0 Å².